The van der Waals surface area contributed by atoms with Crippen LogP contribution in [0.4, 0.5) is 11.6 Å². The number of aromatic nitrogens is 3. The lowest BCUT2D eigenvalue weighted by atomic mass is 10.1. The maximum atomic E-state index is 6.10. The van der Waals surface area contributed by atoms with E-state index in [9.17, 15) is 0 Å². The topological polar surface area (TPSA) is 50.7 Å². The molecule has 0 aliphatic rings. The number of fused-ring (bicyclic) bond motifs is 1. The van der Waals surface area contributed by atoms with Gasteiger partial charge in [0.1, 0.15) is 6.33 Å². The second kappa shape index (κ2) is 4.99. The number of hydrogen-bond acceptors (Lipinski definition) is 4. The van der Waals surface area contributed by atoms with E-state index in [4.69, 9.17) is 23.2 Å². The van der Waals surface area contributed by atoms with Crippen LogP contribution in [-0.4, -0.2) is 15.0 Å². The van der Waals surface area contributed by atoms with Gasteiger partial charge in [-0.25, -0.2) is 9.97 Å². The molecule has 3 rings (SSSR count). The summed E-state index contributed by atoms with van der Waals surface area (Å²) in [6, 6.07) is 11.6. The van der Waals surface area contributed by atoms with Gasteiger partial charge in [-0.15, -0.1) is 0 Å². The Morgan fingerprint density at radius 2 is 1.84 bits per heavy atom. The Bertz CT molecular complexity index is 746. The van der Waals surface area contributed by atoms with E-state index in [1.54, 1.807) is 0 Å². The number of anilines is 2. The van der Waals surface area contributed by atoms with Gasteiger partial charge in [0.25, 0.3) is 0 Å². The fourth-order valence-electron chi connectivity index (χ4n) is 1.83. The minimum absolute atomic E-state index is 0.142. The predicted octanol–water partition coefficient (Wildman–Crippen LogP) is 4.08. The highest BCUT2D eigenvalue weighted by Crippen LogP contribution is 2.29. The second-order valence-corrected chi connectivity index (χ2v) is 4.65. The minimum Gasteiger partial charge on any atom is -0.323 e. The molecular formula is C13H8Cl2N4. The van der Waals surface area contributed by atoms with Crippen LogP contribution in [0.3, 0.4) is 0 Å². The first-order valence-corrected chi connectivity index (χ1v) is 6.28. The summed E-state index contributed by atoms with van der Waals surface area (Å²) in [5.41, 5.74) is 0.824. The van der Waals surface area contributed by atoms with Gasteiger partial charge in [0.15, 0.2) is 0 Å². The van der Waals surface area contributed by atoms with Crippen molar-refractivity contribution in [2.75, 3.05) is 5.32 Å². The molecule has 0 fully saturated rings. The summed E-state index contributed by atoms with van der Waals surface area (Å²) in [6.07, 6.45) is 1.35. The van der Waals surface area contributed by atoms with Gasteiger partial charge < -0.3 is 5.32 Å². The number of hydrogen-bond donors (Lipinski definition) is 1. The van der Waals surface area contributed by atoms with E-state index in [-0.39, 0.29) is 5.28 Å². The Morgan fingerprint density at radius 3 is 2.68 bits per heavy atom. The molecule has 0 saturated carbocycles. The molecule has 0 aliphatic carbocycles. The van der Waals surface area contributed by atoms with Crippen LogP contribution in [0.25, 0.3) is 10.8 Å². The van der Waals surface area contributed by atoms with Crippen molar-refractivity contribution in [3.8, 4) is 0 Å². The van der Waals surface area contributed by atoms with Crippen molar-refractivity contribution in [3.63, 3.8) is 0 Å². The molecule has 94 valence electrons. The first-order valence-electron chi connectivity index (χ1n) is 5.52. The third-order valence-corrected chi connectivity index (χ3v) is 3.02. The maximum absolute atomic E-state index is 6.10. The summed E-state index contributed by atoms with van der Waals surface area (Å²) < 4.78 is 0. The molecule has 4 nitrogen and oxygen atoms in total. The summed E-state index contributed by atoms with van der Waals surface area (Å²) in [5.74, 6) is 0.382. The average molecular weight is 291 g/mol. The van der Waals surface area contributed by atoms with Crippen LogP contribution in [0.2, 0.25) is 10.3 Å². The molecule has 2 aromatic carbocycles. The predicted molar refractivity (Wildman–Crippen MR) is 77.1 cm³/mol. The van der Waals surface area contributed by atoms with Crippen molar-refractivity contribution in [1.82, 2.24) is 15.0 Å². The number of benzene rings is 2. The van der Waals surface area contributed by atoms with E-state index in [2.05, 4.69) is 20.3 Å². The highest BCUT2D eigenvalue weighted by atomic mass is 35.5. The molecule has 0 unspecified atom stereocenters. The quantitative estimate of drug-likeness (QED) is 0.773. The minimum atomic E-state index is 0.142. The molecule has 0 aliphatic heterocycles. The van der Waals surface area contributed by atoms with Gasteiger partial charge in [-0.2, -0.15) is 4.98 Å². The van der Waals surface area contributed by atoms with Crippen LogP contribution in [-0.2, 0) is 0 Å². The van der Waals surface area contributed by atoms with Gasteiger partial charge in [0.05, 0.1) is 5.69 Å². The molecular weight excluding hydrogens is 283 g/mol. The fourth-order valence-corrected chi connectivity index (χ4v) is 2.18. The zero-order chi connectivity index (χ0) is 13.2. The van der Waals surface area contributed by atoms with Crippen LogP contribution < -0.4 is 5.32 Å². The molecule has 0 spiro atoms. The Morgan fingerprint density at radius 1 is 1.00 bits per heavy atom. The van der Waals surface area contributed by atoms with Crippen LogP contribution in [0.5, 0.6) is 0 Å². The molecule has 6 heteroatoms. The maximum Gasteiger partial charge on any atom is 0.231 e. The first-order chi connectivity index (χ1) is 9.22. The smallest absolute Gasteiger partial charge is 0.231 e. The average Bonchev–Trinajstić information content (AvgIpc) is 2.38. The van der Waals surface area contributed by atoms with Crippen molar-refractivity contribution in [2.45, 2.75) is 0 Å². The molecule has 19 heavy (non-hydrogen) atoms. The van der Waals surface area contributed by atoms with E-state index >= 15 is 0 Å². The van der Waals surface area contributed by atoms with E-state index in [0.717, 1.165) is 16.5 Å². The molecule has 0 atom stereocenters. The standard InChI is InChI=1S/C13H8Cl2N4/c14-9-5-8-3-1-2-4-10(8)11(6-9)18-13-17-7-16-12(15)19-13/h1-7H,(H,16,17,18,19). The zero-order valence-electron chi connectivity index (χ0n) is 9.64. The number of halogens is 2. The SMILES string of the molecule is Clc1cc(Nc2ncnc(Cl)n2)c2ccccc2c1. The number of rotatable bonds is 2. The van der Waals surface area contributed by atoms with Crippen molar-refractivity contribution in [2.24, 2.45) is 0 Å². The van der Waals surface area contributed by atoms with Crippen molar-refractivity contribution < 1.29 is 0 Å². The Kier molecular flexibility index (Phi) is 3.19. The second-order valence-electron chi connectivity index (χ2n) is 3.88. The largest absolute Gasteiger partial charge is 0.323 e. The molecule has 1 heterocycles. The van der Waals surface area contributed by atoms with E-state index in [1.165, 1.54) is 6.33 Å². The van der Waals surface area contributed by atoms with Crippen LogP contribution in [0.1, 0.15) is 0 Å². The van der Waals surface area contributed by atoms with E-state index in [1.807, 2.05) is 36.4 Å². The summed E-state index contributed by atoms with van der Waals surface area (Å²) in [6.45, 7) is 0. The number of nitrogens with one attached hydrogen (secondary N) is 1. The van der Waals surface area contributed by atoms with Gasteiger partial charge in [0.2, 0.25) is 11.2 Å². The monoisotopic (exact) mass is 290 g/mol. The van der Waals surface area contributed by atoms with E-state index < -0.39 is 0 Å². The summed E-state index contributed by atoms with van der Waals surface area (Å²) in [4.78, 5) is 11.7. The lowest BCUT2D eigenvalue weighted by Crippen LogP contribution is -1.98. The van der Waals surface area contributed by atoms with Crippen LogP contribution in [0, 0.1) is 0 Å². The summed E-state index contributed by atoms with van der Waals surface area (Å²) >= 11 is 11.8. The first kappa shape index (κ1) is 12.1. The summed E-state index contributed by atoms with van der Waals surface area (Å²) in [5, 5.41) is 5.95. The fraction of sp³-hybridized carbons (Fsp3) is 0. The van der Waals surface area contributed by atoms with Gasteiger partial charge >= 0.3 is 0 Å². The van der Waals surface area contributed by atoms with Crippen LogP contribution >= 0.6 is 23.2 Å². The lowest BCUT2D eigenvalue weighted by molar-refractivity contribution is 1.05. The van der Waals surface area contributed by atoms with Gasteiger partial charge in [-0.3, -0.25) is 0 Å². The molecule has 0 saturated heterocycles. The normalized spacial score (nSPS) is 10.6. The van der Waals surface area contributed by atoms with Crippen molar-refractivity contribution in [3.05, 3.63) is 53.0 Å². The molecule has 0 radical (unpaired) electrons. The van der Waals surface area contributed by atoms with E-state index in [0.29, 0.717) is 11.0 Å². The highest BCUT2D eigenvalue weighted by Gasteiger charge is 2.05. The third kappa shape index (κ3) is 2.59. The zero-order valence-corrected chi connectivity index (χ0v) is 11.2. The lowest BCUT2D eigenvalue weighted by Gasteiger charge is -2.09. The number of nitrogens with zero attached hydrogens (tertiary/aromatic N) is 3. The highest BCUT2D eigenvalue weighted by molar-refractivity contribution is 6.32. The van der Waals surface area contributed by atoms with Gasteiger partial charge in [0, 0.05) is 10.4 Å². The van der Waals surface area contributed by atoms with Crippen molar-refractivity contribution >= 4 is 45.6 Å². The van der Waals surface area contributed by atoms with Crippen LogP contribution in [0.15, 0.2) is 42.7 Å². The molecule has 1 N–H and O–H groups in total. The molecule has 3 aromatic rings. The third-order valence-electron chi connectivity index (χ3n) is 2.62. The Labute approximate surface area is 119 Å². The molecule has 0 bridgehead atoms. The summed E-state index contributed by atoms with van der Waals surface area (Å²) in [7, 11) is 0. The van der Waals surface area contributed by atoms with Gasteiger partial charge in [-0.05, 0) is 29.1 Å². The van der Waals surface area contributed by atoms with Crippen molar-refractivity contribution in [1.29, 1.82) is 0 Å². The Hall–Kier alpha value is -1.91. The van der Waals surface area contributed by atoms with Gasteiger partial charge in [-0.1, -0.05) is 35.9 Å². The molecule has 1 aromatic heterocycles. The molecule has 0 amide bonds. The Balaban J connectivity index is 2.09.